The molecule has 1 fully saturated rings. The first-order chi connectivity index (χ1) is 5.19. The molecule has 0 bridgehead atoms. The minimum absolute atomic E-state index is 0.0261. The Balaban J connectivity index is 2.72. The third-order valence-corrected chi connectivity index (χ3v) is 2.14. The van der Waals surface area contributed by atoms with Gasteiger partial charge in [-0.15, -0.1) is 0 Å². The van der Waals surface area contributed by atoms with E-state index in [2.05, 4.69) is 0 Å². The van der Waals surface area contributed by atoms with Crippen molar-refractivity contribution >= 4 is 5.78 Å². The molecule has 2 heteroatoms. The lowest BCUT2D eigenvalue weighted by atomic mass is 9.83. The zero-order valence-corrected chi connectivity index (χ0v) is 6.84. The molecule has 1 aliphatic rings. The highest BCUT2D eigenvalue weighted by molar-refractivity contribution is 5.89. The maximum atomic E-state index is 11.2. The number of carbonyl (C=O) groups is 1. The quantitative estimate of drug-likeness (QED) is 0.580. The van der Waals surface area contributed by atoms with Gasteiger partial charge in [-0.05, 0) is 32.3 Å². The molecule has 0 saturated heterocycles. The minimum Gasteiger partial charge on any atom is -0.378 e. The van der Waals surface area contributed by atoms with Gasteiger partial charge in [0.05, 0.1) is 0 Å². The van der Waals surface area contributed by atoms with Crippen LogP contribution in [0.25, 0.3) is 0 Å². The highest BCUT2D eigenvalue weighted by atomic mass is 16.3. The largest absolute Gasteiger partial charge is 0.378 e. The number of Topliss-reactive ketones (excluding diaryl/α,β-unsaturated/α-hetero) is 1. The van der Waals surface area contributed by atoms with E-state index in [-0.39, 0.29) is 5.78 Å². The first-order valence-electron chi connectivity index (χ1n) is 4.08. The fourth-order valence-electron chi connectivity index (χ4n) is 1.49. The summed E-state index contributed by atoms with van der Waals surface area (Å²) in [6.45, 7) is 1.82. The van der Waals surface area contributed by atoms with Crippen molar-refractivity contribution in [3.63, 3.8) is 0 Å². The van der Waals surface area contributed by atoms with Crippen molar-refractivity contribution in [3.8, 4) is 0 Å². The Bertz CT molecular complexity index is 184. The monoisotopic (exact) mass is 154 g/mol. The van der Waals surface area contributed by atoms with Gasteiger partial charge >= 0.3 is 0 Å². The average Bonchev–Trinajstić information content (AvgIpc) is 1.96. The fourth-order valence-corrected chi connectivity index (χ4v) is 1.49. The van der Waals surface area contributed by atoms with Crippen molar-refractivity contribution in [2.45, 2.75) is 38.2 Å². The smallest absolute Gasteiger partial charge is 0.168 e. The molecule has 1 rings (SSSR count). The summed E-state index contributed by atoms with van der Waals surface area (Å²) in [5.41, 5.74) is -1.13. The molecule has 1 unspecified atom stereocenters. The van der Waals surface area contributed by atoms with Crippen LogP contribution < -0.4 is 0 Å². The van der Waals surface area contributed by atoms with Gasteiger partial charge in [-0.25, -0.2) is 0 Å². The van der Waals surface area contributed by atoms with Gasteiger partial charge in [0.25, 0.3) is 0 Å². The molecule has 0 spiro atoms. The first-order valence-corrected chi connectivity index (χ1v) is 4.08. The van der Waals surface area contributed by atoms with E-state index < -0.39 is 5.60 Å². The highest BCUT2D eigenvalue weighted by Crippen LogP contribution is 2.25. The van der Waals surface area contributed by atoms with E-state index in [1.807, 2.05) is 6.92 Å². The number of allylic oxidation sites excluding steroid dienone is 1. The van der Waals surface area contributed by atoms with Crippen molar-refractivity contribution in [1.29, 1.82) is 0 Å². The number of carbonyl (C=O) groups excluding carboxylic acids is 1. The molecule has 2 nitrogen and oxygen atoms in total. The van der Waals surface area contributed by atoms with Crippen LogP contribution in [0.1, 0.15) is 32.6 Å². The van der Waals surface area contributed by atoms with Gasteiger partial charge in [-0.1, -0.05) is 6.08 Å². The Morgan fingerprint density at radius 3 is 2.82 bits per heavy atom. The second-order valence-corrected chi connectivity index (χ2v) is 3.05. The molecule has 0 heterocycles. The summed E-state index contributed by atoms with van der Waals surface area (Å²) in [5, 5.41) is 9.70. The molecule has 1 N–H and O–H groups in total. The van der Waals surface area contributed by atoms with E-state index in [1.165, 1.54) is 0 Å². The van der Waals surface area contributed by atoms with Crippen LogP contribution in [0.2, 0.25) is 0 Å². The van der Waals surface area contributed by atoms with Crippen molar-refractivity contribution in [3.05, 3.63) is 12.2 Å². The molecule has 11 heavy (non-hydrogen) atoms. The third-order valence-electron chi connectivity index (χ3n) is 2.14. The molecule has 1 aliphatic carbocycles. The molecule has 0 aromatic rings. The van der Waals surface area contributed by atoms with Crippen molar-refractivity contribution in [1.82, 2.24) is 0 Å². The Labute approximate surface area is 66.9 Å². The zero-order chi connectivity index (χ0) is 8.32. The molecule has 1 saturated carbocycles. The van der Waals surface area contributed by atoms with E-state index in [9.17, 15) is 9.90 Å². The molecule has 0 aromatic heterocycles. The van der Waals surface area contributed by atoms with Gasteiger partial charge in [0.2, 0.25) is 0 Å². The Kier molecular flexibility index (Phi) is 2.45. The van der Waals surface area contributed by atoms with Gasteiger partial charge in [0.1, 0.15) is 5.60 Å². The second-order valence-electron chi connectivity index (χ2n) is 3.05. The summed E-state index contributed by atoms with van der Waals surface area (Å²) in [6, 6.07) is 0. The number of ketones is 1. The van der Waals surface area contributed by atoms with E-state index in [0.717, 1.165) is 12.8 Å². The van der Waals surface area contributed by atoms with Crippen LogP contribution in [-0.2, 0) is 4.79 Å². The van der Waals surface area contributed by atoms with Gasteiger partial charge in [0.15, 0.2) is 5.78 Å². The number of aliphatic hydroxyl groups is 1. The number of rotatable bonds is 1. The van der Waals surface area contributed by atoms with Gasteiger partial charge in [-0.3, -0.25) is 4.79 Å². The van der Waals surface area contributed by atoms with Crippen LogP contribution in [-0.4, -0.2) is 16.5 Å². The van der Waals surface area contributed by atoms with Gasteiger partial charge < -0.3 is 5.11 Å². The average molecular weight is 154 g/mol. The summed E-state index contributed by atoms with van der Waals surface area (Å²) >= 11 is 0. The molecule has 1 atom stereocenters. The van der Waals surface area contributed by atoms with Crippen LogP contribution in [0.3, 0.4) is 0 Å². The Morgan fingerprint density at radius 1 is 1.55 bits per heavy atom. The molecule has 0 amide bonds. The number of hydrogen-bond acceptors (Lipinski definition) is 2. The maximum Gasteiger partial charge on any atom is 0.168 e. The van der Waals surface area contributed by atoms with Crippen LogP contribution in [0, 0.1) is 0 Å². The minimum atomic E-state index is -1.13. The number of hydrogen-bond donors (Lipinski definition) is 1. The van der Waals surface area contributed by atoms with Crippen molar-refractivity contribution in [2.75, 3.05) is 0 Å². The lowest BCUT2D eigenvalue weighted by molar-refractivity contribution is -0.135. The Hall–Kier alpha value is -0.630. The van der Waals surface area contributed by atoms with Crippen molar-refractivity contribution < 1.29 is 9.90 Å². The zero-order valence-electron chi connectivity index (χ0n) is 6.84. The summed E-state index contributed by atoms with van der Waals surface area (Å²) in [5.74, 6) is -0.0261. The fraction of sp³-hybridized carbons (Fsp3) is 0.667. The summed E-state index contributed by atoms with van der Waals surface area (Å²) in [4.78, 5) is 11.2. The molecular formula is C9H14O2. The predicted molar refractivity (Wildman–Crippen MR) is 43.2 cm³/mol. The topological polar surface area (TPSA) is 37.3 Å². The predicted octanol–water partition coefficient (Wildman–Crippen LogP) is 1.44. The van der Waals surface area contributed by atoms with Crippen LogP contribution in [0.15, 0.2) is 12.2 Å². The van der Waals surface area contributed by atoms with Gasteiger partial charge in [0, 0.05) is 6.42 Å². The lowest BCUT2D eigenvalue weighted by Gasteiger charge is -2.26. The van der Waals surface area contributed by atoms with E-state index in [0.29, 0.717) is 12.8 Å². The van der Waals surface area contributed by atoms with Crippen molar-refractivity contribution in [2.24, 2.45) is 0 Å². The molecule has 0 aromatic carbocycles. The second kappa shape index (κ2) is 3.18. The lowest BCUT2D eigenvalue weighted by Crippen LogP contribution is -2.38. The van der Waals surface area contributed by atoms with Crippen LogP contribution >= 0.6 is 0 Å². The summed E-state index contributed by atoms with van der Waals surface area (Å²) in [7, 11) is 0. The molecular weight excluding hydrogens is 140 g/mol. The van der Waals surface area contributed by atoms with E-state index in [4.69, 9.17) is 0 Å². The third kappa shape index (κ3) is 1.69. The highest BCUT2D eigenvalue weighted by Gasteiger charge is 2.34. The molecule has 0 radical (unpaired) electrons. The standard InChI is InChI=1S/C9H14O2/c1-2-6-9(11)7-4-3-5-8(9)10/h2,6,11H,3-5,7H2,1H3/b6-2+. The van der Waals surface area contributed by atoms with E-state index in [1.54, 1.807) is 12.2 Å². The SMILES string of the molecule is C/C=C/C1(O)CCCCC1=O. The Morgan fingerprint density at radius 2 is 2.27 bits per heavy atom. The van der Waals surface area contributed by atoms with Gasteiger partial charge in [-0.2, -0.15) is 0 Å². The normalized spacial score (nSPS) is 33.1. The van der Waals surface area contributed by atoms with Crippen LogP contribution in [0.4, 0.5) is 0 Å². The maximum absolute atomic E-state index is 11.2. The molecule has 0 aliphatic heterocycles. The summed E-state index contributed by atoms with van der Waals surface area (Å²) in [6.07, 6.45) is 6.35. The first kappa shape index (κ1) is 8.47. The van der Waals surface area contributed by atoms with Crippen LogP contribution in [0.5, 0.6) is 0 Å². The summed E-state index contributed by atoms with van der Waals surface area (Å²) < 4.78 is 0. The molecule has 62 valence electrons. The van der Waals surface area contributed by atoms with E-state index >= 15 is 0 Å².